The van der Waals surface area contributed by atoms with Gasteiger partial charge in [-0.3, -0.25) is 4.21 Å². The lowest BCUT2D eigenvalue weighted by Gasteiger charge is -2.42. The van der Waals surface area contributed by atoms with Crippen molar-refractivity contribution in [3.8, 4) is 0 Å². The molecule has 15 heteroatoms. The highest BCUT2D eigenvalue weighted by molar-refractivity contribution is 8.45. The highest BCUT2D eigenvalue weighted by Crippen LogP contribution is 3.02. The Balaban J connectivity index is 1.37. The van der Waals surface area contributed by atoms with E-state index in [1.165, 1.54) is 0 Å². The fraction of sp³-hybridized carbons (Fsp3) is 0.545. The van der Waals surface area contributed by atoms with Gasteiger partial charge in [0, 0.05) is 13.1 Å². The Labute approximate surface area is 210 Å². The number of alkyl halides is 2. The number of nitrogens with one attached hydrogen (secondary N) is 1. The third-order valence-electron chi connectivity index (χ3n) is 7.31. The van der Waals surface area contributed by atoms with E-state index in [2.05, 4.69) is 15.3 Å². The molecule has 1 aliphatic carbocycles. The van der Waals surface area contributed by atoms with E-state index in [-0.39, 0.29) is 42.3 Å². The Kier molecular flexibility index (Phi) is 5.68. The second-order valence-corrected chi connectivity index (χ2v) is 13.8. The molecular weight excluding hydrogens is 549 g/mol. The number of halogens is 7. The molecule has 1 atom stereocenters. The molecular formula is C22H25F7N4O2S2. The summed E-state index contributed by atoms with van der Waals surface area (Å²) in [6.07, 6.45) is 2.85. The number of aromatic nitrogens is 2. The predicted molar refractivity (Wildman–Crippen MR) is 127 cm³/mol. The SMILES string of the molecule is O=[S@@]1CC(F)(F)c2nc(N3CCC(c4ccc(S(F)(F)(F)(F)F)cc4)CC3)nc(NC3(CO)CCC3)c21. The summed E-state index contributed by atoms with van der Waals surface area (Å²) in [4.78, 5) is 8.02. The summed E-state index contributed by atoms with van der Waals surface area (Å²) in [6.45, 7) is 0.328. The number of fused-ring (bicyclic) bond motifs is 1. The van der Waals surface area contributed by atoms with Crippen LogP contribution in [0.3, 0.4) is 0 Å². The van der Waals surface area contributed by atoms with E-state index in [1.54, 1.807) is 4.90 Å². The minimum absolute atomic E-state index is 0.00181. The number of aliphatic hydroxyl groups excluding tert-OH is 1. The molecule has 206 valence electrons. The number of hydrogen-bond acceptors (Lipinski definition) is 6. The van der Waals surface area contributed by atoms with Crippen LogP contribution in [0.25, 0.3) is 0 Å². The Morgan fingerprint density at radius 3 is 2.19 bits per heavy atom. The van der Waals surface area contributed by atoms with Crippen LogP contribution >= 0.6 is 10.2 Å². The van der Waals surface area contributed by atoms with Gasteiger partial charge in [0.05, 0.1) is 28.7 Å². The summed E-state index contributed by atoms with van der Waals surface area (Å²) >= 11 is 0. The fourth-order valence-electron chi connectivity index (χ4n) is 5.02. The maximum absolute atomic E-state index is 14.7. The molecule has 0 radical (unpaired) electrons. The van der Waals surface area contributed by atoms with Crippen LogP contribution in [0.5, 0.6) is 0 Å². The van der Waals surface area contributed by atoms with Crippen molar-refractivity contribution in [2.45, 2.75) is 59.3 Å². The average Bonchev–Trinajstić information content (AvgIpc) is 3.03. The van der Waals surface area contributed by atoms with Gasteiger partial charge in [-0.25, -0.2) is 4.98 Å². The molecule has 0 amide bonds. The molecule has 3 aliphatic rings. The molecule has 1 saturated heterocycles. The lowest BCUT2D eigenvalue weighted by atomic mass is 9.77. The molecule has 2 N–H and O–H groups in total. The Morgan fingerprint density at radius 2 is 1.68 bits per heavy atom. The first-order valence-corrected chi connectivity index (χ1v) is 14.9. The molecule has 3 heterocycles. The Bertz CT molecular complexity index is 1240. The number of piperidine rings is 1. The number of anilines is 2. The van der Waals surface area contributed by atoms with Crippen LogP contribution in [0, 0.1) is 0 Å². The van der Waals surface area contributed by atoms with Gasteiger partial charge in [0.25, 0.3) is 0 Å². The molecule has 0 unspecified atom stereocenters. The topological polar surface area (TPSA) is 78.4 Å². The number of nitrogens with zero attached hydrogens (tertiary/aromatic N) is 3. The summed E-state index contributed by atoms with van der Waals surface area (Å²) in [5.41, 5.74) is -0.866. The summed E-state index contributed by atoms with van der Waals surface area (Å²) in [5.74, 6) is -4.53. The largest absolute Gasteiger partial charge is 0.394 e. The van der Waals surface area contributed by atoms with Gasteiger partial charge >= 0.3 is 16.1 Å². The standard InChI is InChI=1S/C22H25F7N4O2S2/c23-22(24)13-36(35)17-18(22)30-20(31-19(17)32-21(12-34)8-1-9-21)33-10-6-15(7-11-33)14-2-4-16(5-3-14)37(25,26,27,28)29/h2-5,15,34H,1,6-13H2,(H,30,31,32)/t36-/m1/s1. The van der Waals surface area contributed by atoms with Crippen molar-refractivity contribution in [1.29, 1.82) is 0 Å². The lowest BCUT2D eigenvalue weighted by molar-refractivity contribution is 0.0191. The molecule has 1 saturated carbocycles. The smallest absolute Gasteiger partial charge is 0.310 e. The van der Waals surface area contributed by atoms with Gasteiger partial charge in [-0.1, -0.05) is 31.6 Å². The van der Waals surface area contributed by atoms with Gasteiger partial charge in [-0.05, 0) is 55.7 Å². The van der Waals surface area contributed by atoms with Crippen LogP contribution in [0.1, 0.15) is 49.3 Å². The maximum atomic E-state index is 14.7. The first-order chi connectivity index (χ1) is 17.0. The average molecular weight is 575 g/mol. The fourth-order valence-corrected chi connectivity index (χ4v) is 7.00. The minimum Gasteiger partial charge on any atom is -0.394 e. The second kappa shape index (κ2) is 7.94. The zero-order valence-electron chi connectivity index (χ0n) is 19.4. The molecule has 1 aromatic heterocycles. The maximum Gasteiger partial charge on any atom is 0.310 e. The molecule has 1 aromatic carbocycles. The Morgan fingerprint density at radius 1 is 1.05 bits per heavy atom. The summed E-state index contributed by atoms with van der Waals surface area (Å²) < 4.78 is 107. The van der Waals surface area contributed by atoms with Crippen molar-refractivity contribution in [2.24, 2.45) is 0 Å². The van der Waals surface area contributed by atoms with Gasteiger partial charge in [-0.15, -0.1) is 0 Å². The lowest BCUT2D eigenvalue weighted by Crippen LogP contribution is -2.49. The van der Waals surface area contributed by atoms with E-state index in [9.17, 15) is 37.5 Å². The van der Waals surface area contributed by atoms with Gasteiger partial charge in [0.15, 0.2) is 0 Å². The van der Waals surface area contributed by atoms with Crippen LogP contribution < -0.4 is 10.2 Å². The zero-order valence-corrected chi connectivity index (χ0v) is 21.0. The van der Waals surface area contributed by atoms with E-state index in [4.69, 9.17) is 0 Å². The molecule has 2 aromatic rings. The van der Waals surface area contributed by atoms with Crippen molar-refractivity contribution >= 4 is 32.8 Å². The number of rotatable bonds is 6. The predicted octanol–water partition coefficient (Wildman–Crippen LogP) is 6.06. The van der Waals surface area contributed by atoms with Crippen LogP contribution in [-0.4, -0.2) is 50.3 Å². The van der Waals surface area contributed by atoms with Crippen molar-refractivity contribution in [2.75, 3.05) is 35.7 Å². The summed E-state index contributed by atoms with van der Waals surface area (Å²) in [7, 11) is -11.8. The highest BCUT2D eigenvalue weighted by atomic mass is 32.5. The molecule has 37 heavy (non-hydrogen) atoms. The van der Waals surface area contributed by atoms with Gasteiger partial charge in [-0.2, -0.15) is 13.8 Å². The zero-order chi connectivity index (χ0) is 26.9. The number of hydrogen-bond donors (Lipinski definition) is 2. The molecule has 0 bridgehead atoms. The third-order valence-corrected chi connectivity index (χ3v) is 9.94. The second-order valence-electron chi connectivity index (χ2n) is 9.96. The van der Waals surface area contributed by atoms with Crippen LogP contribution in [-0.2, 0) is 16.7 Å². The third kappa shape index (κ3) is 5.01. The van der Waals surface area contributed by atoms with Crippen molar-refractivity contribution in [3.05, 3.63) is 35.5 Å². The molecule has 2 fully saturated rings. The first kappa shape index (κ1) is 26.5. The number of benzene rings is 1. The van der Waals surface area contributed by atoms with Gasteiger partial charge in [0.2, 0.25) is 5.95 Å². The van der Waals surface area contributed by atoms with Crippen LogP contribution in [0.4, 0.5) is 40.0 Å². The van der Waals surface area contributed by atoms with E-state index >= 15 is 0 Å². The van der Waals surface area contributed by atoms with Crippen LogP contribution in [0.15, 0.2) is 34.1 Å². The first-order valence-electron chi connectivity index (χ1n) is 11.7. The van der Waals surface area contributed by atoms with E-state index in [0.717, 1.165) is 18.6 Å². The van der Waals surface area contributed by atoms with Crippen molar-refractivity contribution in [1.82, 2.24) is 9.97 Å². The highest BCUT2D eigenvalue weighted by Gasteiger charge is 2.65. The van der Waals surface area contributed by atoms with Crippen molar-refractivity contribution in [3.63, 3.8) is 0 Å². The van der Waals surface area contributed by atoms with E-state index < -0.39 is 48.8 Å². The molecule has 5 rings (SSSR count). The Hall–Kier alpha value is -2.13. The minimum atomic E-state index is -9.75. The van der Waals surface area contributed by atoms with E-state index in [0.29, 0.717) is 43.4 Å². The number of aliphatic hydroxyl groups is 1. The quantitative estimate of drug-likeness (QED) is 0.409. The molecule has 2 aliphatic heterocycles. The molecule has 0 spiro atoms. The summed E-state index contributed by atoms with van der Waals surface area (Å²) in [6, 6.07) is 2.88. The summed E-state index contributed by atoms with van der Waals surface area (Å²) in [5, 5.41) is 12.9. The molecule has 6 nitrogen and oxygen atoms in total. The van der Waals surface area contributed by atoms with Crippen molar-refractivity contribution < 1.29 is 37.5 Å². The van der Waals surface area contributed by atoms with Crippen LogP contribution in [0.2, 0.25) is 0 Å². The normalized spacial score (nSPS) is 25.1. The van der Waals surface area contributed by atoms with Gasteiger partial charge in [0.1, 0.15) is 21.3 Å². The van der Waals surface area contributed by atoms with Gasteiger partial charge < -0.3 is 15.3 Å². The monoisotopic (exact) mass is 574 g/mol. The van der Waals surface area contributed by atoms with E-state index in [1.807, 2.05) is 0 Å².